The monoisotopic (exact) mass is 310 g/mol. The van der Waals surface area contributed by atoms with Gasteiger partial charge in [-0.05, 0) is 24.6 Å². The lowest BCUT2D eigenvalue weighted by Crippen LogP contribution is -2.54. The topological polar surface area (TPSA) is 58.6 Å². The number of nitrogens with one attached hydrogen (secondary N) is 1. The maximum absolute atomic E-state index is 12.3. The van der Waals surface area contributed by atoms with Gasteiger partial charge in [-0.3, -0.25) is 9.59 Å². The van der Waals surface area contributed by atoms with E-state index in [1.807, 2.05) is 11.8 Å². The first kappa shape index (κ1) is 15.8. The molecule has 1 aliphatic heterocycles. The summed E-state index contributed by atoms with van der Waals surface area (Å²) in [5, 5.41) is 3.38. The highest BCUT2D eigenvalue weighted by Crippen LogP contribution is 2.26. The molecule has 1 aliphatic rings. The molecule has 0 aromatic heterocycles. The van der Waals surface area contributed by atoms with Crippen molar-refractivity contribution in [2.75, 3.05) is 31.2 Å². The molecule has 1 saturated heterocycles. The van der Waals surface area contributed by atoms with Crippen LogP contribution in [0, 0.1) is 0 Å². The summed E-state index contributed by atoms with van der Waals surface area (Å²) in [6.07, 6.45) is 1.64. The molecule has 0 bridgehead atoms. The number of carbonyl (C=O) groups excluding carboxylic acids is 2. The Bertz CT molecular complexity index is 522. The average Bonchev–Trinajstić information content (AvgIpc) is 2.52. The Kier molecular flexibility index (Phi) is 5.59. The van der Waals surface area contributed by atoms with Crippen molar-refractivity contribution < 1.29 is 14.3 Å². The van der Waals surface area contributed by atoms with E-state index in [0.29, 0.717) is 42.6 Å². The first-order chi connectivity index (χ1) is 10.2. The normalized spacial score (nSPS) is 18.4. The maximum Gasteiger partial charge on any atom is 0.245 e. The van der Waals surface area contributed by atoms with Crippen molar-refractivity contribution in [3.63, 3.8) is 0 Å². The molecule has 1 aromatic carbocycles. The SMILES string of the molecule is CCCNC(=O)C1COCCN1c1ccc(Cl)cc1C=O. The van der Waals surface area contributed by atoms with E-state index >= 15 is 0 Å². The quantitative estimate of drug-likeness (QED) is 0.844. The number of amides is 1. The molecule has 6 heteroatoms. The number of hydrogen-bond acceptors (Lipinski definition) is 4. The van der Waals surface area contributed by atoms with Crippen LogP contribution in [0.2, 0.25) is 5.02 Å². The second-order valence-electron chi connectivity index (χ2n) is 4.90. The summed E-state index contributed by atoms with van der Waals surface area (Å²) in [4.78, 5) is 25.4. The van der Waals surface area contributed by atoms with Crippen molar-refractivity contribution >= 4 is 29.5 Å². The predicted octanol–water partition coefficient (Wildman–Crippen LogP) is 1.88. The molecule has 0 aliphatic carbocycles. The number of benzene rings is 1. The van der Waals surface area contributed by atoms with E-state index < -0.39 is 6.04 Å². The number of rotatable bonds is 5. The zero-order valence-electron chi connectivity index (χ0n) is 12.0. The summed E-state index contributed by atoms with van der Waals surface area (Å²) < 4.78 is 5.42. The molecule has 1 unspecified atom stereocenters. The molecule has 1 heterocycles. The van der Waals surface area contributed by atoms with Crippen LogP contribution in [0.15, 0.2) is 18.2 Å². The van der Waals surface area contributed by atoms with Crippen LogP contribution in [-0.2, 0) is 9.53 Å². The van der Waals surface area contributed by atoms with Crippen LogP contribution in [0.3, 0.4) is 0 Å². The Labute approximate surface area is 129 Å². The van der Waals surface area contributed by atoms with Crippen molar-refractivity contribution in [3.8, 4) is 0 Å². The number of aldehydes is 1. The third-order valence-electron chi connectivity index (χ3n) is 3.41. The minimum absolute atomic E-state index is 0.0802. The molecule has 1 amide bonds. The van der Waals surface area contributed by atoms with E-state index in [1.54, 1.807) is 18.2 Å². The number of anilines is 1. The third-order valence-corrected chi connectivity index (χ3v) is 3.64. The highest BCUT2D eigenvalue weighted by atomic mass is 35.5. The number of hydrogen-bond donors (Lipinski definition) is 1. The molecule has 1 aromatic rings. The van der Waals surface area contributed by atoms with E-state index in [1.165, 1.54) is 0 Å². The first-order valence-electron chi connectivity index (χ1n) is 7.04. The Morgan fingerprint density at radius 1 is 1.57 bits per heavy atom. The standard InChI is InChI=1S/C15H19ClN2O3/c1-2-5-17-15(20)14-10-21-7-6-18(14)13-4-3-12(16)8-11(13)9-19/h3-4,8-9,14H,2,5-7,10H2,1H3,(H,17,20). The van der Waals surface area contributed by atoms with Gasteiger partial charge in [0.25, 0.3) is 0 Å². The molecule has 2 rings (SSSR count). The van der Waals surface area contributed by atoms with Gasteiger partial charge in [0.05, 0.1) is 13.2 Å². The lowest BCUT2D eigenvalue weighted by Gasteiger charge is -2.37. The summed E-state index contributed by atoms with van der Waals surface area (Å²) in [5.41, 5.74) is 1.20. The minimum atomic E-state index is -0.426. The van der Waals surface area contributed by atoms with Crippen molar-refractivity contribution in [1.82, 2.24) is 5.32 Å². The van der Waals surface area contributed by atoms with E-state index in [9.17, 15) is 9.59 Å². The second-order valence-corrected chi connectivity index (χ2v) is 5.33. The predicted molar refractivity (Wildman–Crippen MR) is 82.1 cm³/mol. The summed E-state index contributed by atoms with van der Waals surface area (Å²) in [6.45, 7) is 4.03. The van der Waals surface area contributed by atoms with Crippen LogP contribution in [0.1, 0.15) is 23.7 Å². The number of nitrogens with zero attached hydrogens (tertiary/aromatic N) is 1. The number of halogens is 1. The molecule has 5 nitrogen and oxygen atoms in total. The van der Waals surface area contributed by atoms with Gasteiger partial charge in [-0.1, -0.05) is 18.5 Å². The summed E-state index contributed by atoms with van der Waals surface area (Å²) >= 11 is 5.92. The Morgan fingerprint density at radius 3 is 3.10 bits per heavy atom. The Hall–Kier alpha value is -1.59. The number of morpholine rings is 1. The number of carbonyl (C=O) groups is 2. The summed E-state index contributed by atoms with van der Waals surface area (Å²) in [7, 11) is 0. The Morgan fingerprint density at radius 2 is 2.38 bits per heavy atom. The molecule has 0 spiro atoms. The van der Waals surface area contributed by atoms with Crippen LogP contribution in [0.25, 0.3) is 0 Å². The van der Waals surface area contributed by atoms with Gasteiger partial charge in [0.1, 0.15) is 6.04 Å². The van der Waals surface area contributed by atoms with Gasteiger partial charge in [0, 0.05) is 29.4 Å². The molecular weight excluding hydrogens is 292 g/mol. The van der Waals surface area contributed by atoms with Gasteiger partial charge in [0.2, 0.25) is 5.91 Å². The molecule has 0 radical (unpaired) electrons. The lowest BCUT2D eigenvalue weighted by atomic mass is 10.1. The summed E-state index contributed by atoms with van der Waals surface area (Å²) in [6, 6.07) is 4.68. The largest absolute Gasteiger partial charge is 0.377 e. The van der Waals surface area contributed by atoms with Gasteiger partial charge in [-0.25, -0.2) is 0 Å². The van der Waals surface area contributed by atoms with Crippen LogP contribution in [-0.4, -0.2) is 44.5 Å². The van der Waals surface area contributed by atoms with Crippen molar-refractivity contribution in [2.45, 2.75) is 19.4 Å². The maximum atomic E-state index is 12.3. The summed E-state index contributed by atoms with van der Waals surface area (Å²) in [5.74, 6) is -0.0802. The van der Waals surface area contributed by atoms with Crippen LogP contribution in [0.4, 0.5) is 5.69 Å². The molecule has 0 saturated carbocycles. The van der Waals surface area contributed by atoms with Crippen molar-refractivity contribution in [1.29, 1.82) is 0 Å². The minimum Gasteiger partial charge on any atom is -0.377 e. The lowest BCUT2D eigenvalue weighted by molar-refractivity contribution is -0.124. The zero-order valence-corrected chi connectivity index (χ0v) is 12.7. The van der Waals surface area contributed by atoms with Crippen LogP contribution < -0.4 is 10.2 Å². The van der Waals surface area contributed by atoms with Crippen molar-refractivity contribution in [2.24, 2.45) is 0 Å². The van der Waals surface area contributed by atoms with E-state index in [0.717, 1.165) is 12.7 Å². The molecule has 114 valence electrons. The van der Waals surface area contributed by atoms with Gasteiger partial charge in [-0.2, -0.15) is 0 Å². The fourth-order valence-electron chi connectivity index (χ4n) is 2.36. The fraction of sp³-hybridized carbons (Fsp3) is 0.467. The van der Waals surface area contributed by atoms with Crippen LogP contribution in [0.5, 0.6) is 0 Å². The van der Waals surface area contributed by atoms with E-state index in [2.05, 4.69) is 5.32 Å². The fourth-order valence-corrected chi connectivity index (χ4v) is 2.54. The molecular formula is C15H19ClN2O3. The average molecular weight is 311 g/mol. The second kappa shape index (κ2) is 7.43. The van der Waals surface area contributed by atoms with E-state index in [-0.39, 0.29) is 5.91 Å². The van der Waals surface area contributed by atoms with Crippen molar-refractivity contribution in [3.05, 3.63) is 28.8 Å². The molecule has 1 N–H and O–H groups in total. The molecule has 21 heavy (non-hydrogen) atoms. The van der Waals surface area contributed by atoms with Gasteiger partial charge >= 0.3 is 0 Å². The molecule has 1 fully saturated rings. The molecule has 1 atom stereocenters. The number of ether oxygens (including phenoxy) is 1. The first-order valence-corrected chi connectivity index (χ1v) is 7.42. The van der Waals surface area contributed by atoms with Crippen LogP contribution >= 0.6 is 11.6 Å². The van der Waals surface area contributed by atoms with E-state index in [4.69, 9.17) is 16.3 Å². The third kappa shape index (κ3) is 3.74. The smallest absolute Gasteiger partial charge is 0.245 e. The van der Waals surface area contributed by atoms with Gasteiger partial charge in [0.15, 0.2) is 6.29 Å². The van der Waals surface area contributed by atoms with Gasteiger partial charge < -0.3 is 15.0 Å². The zero-order chi connectivity index (χ0) is 15.2. The highest BCUT2D eigenvalue weighted by Gasteiger charge is 2.30. The Balaban J connectivity index is 2.26. The highest BCUT2D eigenvalue weighted by molar-refractivity contribution is 6.31. The van der Waals surface area contributed by atoms with Gasteiger partial charge in [-0.15, -0.1) is 0 Å².